The maximum Gasteiger partial charge on any atom is 0.247 e. The number of rotatable bonds is 5. The van der Waals surface area contributed by atoms with Crippen molar-refractivity contribution < 1.29 is 13.6 Å². The first-order valence-corrected chi connectivity index (χ1v) is 9.36. The molecular weight excluding hydrogens is 359 g/mol. The van der Waals surface area contributed by atoms with E-state index in [1.807, 2.05) is 46.2 Å². The topological polar surface area (TPSA) is 62.5 Å². The number of carbonyl (C=O) groups excluding carboxylic acids is 1. The summed E-state index contributed by atoms with van der Waals surface area (Å²) in [5, 5.41) is 8.08. The van der Waals surface area contributed by atoms with Gasteiger partial charge in [-0.1, -0.05) is 30.3 Å². The number of amides is 1. The summed E-state index contributed by atoms with van der Waals surface area (Å²) >= 11 is 0. The van der Waals surface area contributed by atoms with Crippen LogP contribution in [0.15, 0.2) is 59.0 Å². The molecule has 1 amide bonds. The Morgan fingerprint density at radius 3 is 2.43 bits per heavy atom. The van der Waals surface area contributed by atoms with Gasteiger partial charge in [-0.25, -0.2) is 4.39 Å². The third-order valence-electron chi connectivity index (χ3n) is 4.87. The van der Waals surface area contributed by atoms with Crippen LogP contribution in [0, 0.1) is 5.82 Å². The van der Waals surface area contributed by atoms with Crippen molar-refractivity contribution >= 4 is 11.6 Å². The second-order valence-corrected chi connectivity index (χ2v) is 6.69. The van der Waals surface area contributed by atoms with Gasteiger partial charge in [-0.2, -0.15) is 0 Å². The van der Waals surface area contributed by atoms with E-state index in [1.165, 1.54) is 6.07 Å². The molecular formula is C21H21FN4O2. The van der Waals surface area contributed by atoms with Crippen LogP contribution in [0.25, 0.3) is 11.5 Å². The minimum Gasteiger partial charge on any atom is -0.421 e. The Morgan fingerprint density at radius 2 is 1.68 bits per heavy atom. The Kier molecular flexibility index (Phi) is 5.32. The maximum absolute atomic E-state index is 13.9. The van der Waals surface area contributed by atoms with Crippen molar-refractivity contribution in [1.82, 2.24) is 15.1 Å². The molecule has 0 unspecified atom stereocenters. The molecule has 6 nitrogen and oxygen atoms in total. The molecule has 0 spiro atoms. The minimum atomic E-state index is -0.229. The van der Waals surface area contributed by atoms with Crippen LogP contribution in [0.2, 0.25) is 0 Å². The number of nitrogens with zero attached hydrogens (tertiary/aromatic N) is 4. The Morgan fingerprint density at radius 1 is 0.964 bits per heavy atom. The van der Waals surface area contributed by atoms with Gasteiger partial charge in [-0.3, -0.25) is 4.79 Å². The van der Waals surface area contributed by atoms with E-state index in [2.05, 4.69) is 10.2 Å². The zero-order valence-electron chi connectivity index (χ0n) is 15.4. The van der Waals surface area contributed by atoms with E-state index in [9.17, 15) is 9.18 Å². The summed E-state index contributed by atoms with van der Waals surface area (Å²) in [5.74, 6) is 0.735. The number of aromatic nitrogens is 2. The first-order valence-electron chi connectivity index (χ1n) is 9.36. The summed E-state index contributed by atoms with van der Waals surface area (Å²) in [6, 6.07) is 16.3. The smallest absolute Gasteiger partial charge is 0.247 e. The highest BCUT2D eigenvalue weighted by molar-refractivity contribution is 5.76. The van der Waals surface area contributed by atoms with Crippen molar-refractivity contribution in [3.63, 3.8) is 0 Å². The first kappa shape index (κ1) is 18.2. The molecule has 0 bridgehead atoms. The van der Waals surface area contributed by atoms with Crippen molar-refractivity contribution in [2.75, 3.05) is 31.1 Å². The number of benzene rings is 2. The summed E-state index contributed by atoms with van der Waals surface area (Å²) in [6.07, 6.45) is 0.725. The highest BCUT2D eigenvalue weighted by Crippen LogP contribution is 2.21. The molecule has 28 heavy (non-hydrogen) atoms. The van der Waals surface area contributed by atoms with Crippen LogP contribution in [0.1, 0.15) is 12.3 Å². The van der Waals surface area contributed by atoms with Crippen LogP contribution in [0.5, 0.6) is 0 Å². The van der Waals surface area contributed by atoms with Gasteiger partial charge in [0.25, 0.3) is 0 Å². The second kappa shape index (κ2) is 8.21. The van der Waals surface area contributed by atoms with E-state index in [0.717, 1.165) is 5.56 Å². The molecule has 2 aromatic carbocycles. The molecule has 0 saturated carbocycles. The standard InChI is InChI=1S/C21H21FN4O2/c22-17-8-4-5-9-18(17)25-12-14-26(15-13-25)20(27)11-10-19-23-24-21(28-19)16-6-2-1-3-7-16/h1-9H,10-15H2. The van der Waals surface area contributed by atoms with E-state index in [-0.39, 0.29) is 11.7 Å². The number of carbonyl (C=O) groups is 1. The minimum absolute atomic E-state index is 0.0487. The summed E-state index contributed by atoms with van der Waals surface area (Å²) < 4.78 is 19.6. The molecule has 0 radical (unpaired) electrons. The number of para-hydroxylation sites is 1. The van der Waals surface area contributed by atoms with Gasteiger partial charge >= 0.3 is 0 Å². The molecule has 0 aliphatic carbocycles. The molecule has 3 aromatic rings. The molecule has 1 saturated heterocycles. The largest absolute Gasteiger partial charge is 0.421 e. The monoisotopic (exact) mass is 380 g/mol. The third-order valence-corrected chi connectivity index (χ3v) is 4.87. The predicted octanol–water partition coefficient (Wildman–Crippen LogP) is 3.16. The second-order valence-electron chi connectivity index (χ2n) is 6.69. The molecule has 1 aliphatic rings. The lowest BCUT2D eigenvalue weighted by atomic mass is 10.2. The zero-order chi connectivity index (χ0) is 19.3. The van der Waals surface area contributed by atoms with Gasteiger partial charge in [-0.15, -0.1) is 10.2 Å². The fourth-order valence-corrected chi connectivity index (χ4v) is 3.33. The van der Waals surface area contributed by atoms with Crippen molar-refractivity contribution in [3.05, 3.63) is 66.3 Å². The summed E-state index contributed by atoms with van der Waals surface area (Å²) in [4.78, 5) is 16.3. The predicted molar refractivity (Wildman–Crippen MR) is 103 cm³/mol. The fraction of sp³-hybridized carbons (Fsp3) is 0.286. The van der Waals surface area contributed by atoms with Crippen molar-refractivity contribution in [3.8, 4) is 11.5 Å². The van der Waals surface area contributed by atoms with Gasteiger partial charge in [0.2, 0.25) is 17.7 Å². The van der Waals surface area contributed by atoms with Crippen LogP contribution in [-0.4, -0.2) is 47.2 Å². The Balaban J connectivity index is 1.28. The number of halogens is 1. The molecule has 0 N–H and O–H groups in total. The van der Waals surface area contributed by atoms with Crippen LogP contribution in [0.4, 0.5) is 10.1 Å². The van der Waals surface area contributed by atoms with Gasteiger partial charge in [0.05, 0.1) is 5.69 Å². The summed E-state index contributed by atoms with van der Waals surface area (Å²) in [6.45, 7) is 2.38. The number of hydrogen-bond donors (Lipinski definition) is 0. The molecule has 0 atom stereocenters. The quantitative estimate of drug-likeness (QED) is 0.680. The van der Waals surface area contributed by atoms with E-state index in [4.69, 9.17) is 4.42 Å². The van der Waals surface area contributed by atoms with Crippen LogP contribution in [0.3, 0.4) is 0 Å². The summed E-state index contributed by atoms with van der Waals surface area (Å²) in [5.41, 5.74) is 1.45. The Bertz CT molecular complexity index is 936. The Labute approximate surface area is 162 Å². The van der Waals surface area contributed by atoms with Crippen LogP contribution in [-0.2, 0) is 11.2 Å². The van der Waals surface area contributed by atoms with Crippen molar-refractivity contribution in [2.45, 2.75) is 12.8 Å². The third kappa shape index (κ3) is 4.03. The van der Waals surface area contributed by atoms with E-state index >= 15 is 0 Å². The lowest BCUT2D eigenvalue weighted by Gasteiger charge is -2.36. The average molecular weight is 380 g/mol. The molecule has 1 aliphatic heterocycles. The molecule has 1 aromatic heterocycles. The zero-order valence-corrected chi connectivity index (χ0v) is 15.4. The average Bonchev–Trinajstić information content (AvgIpc) is 3.22. The maximum atomic E-state index is 13.9. The van der Waals surface area contributed by atoms with Crippen LogP contribution >= 0.6 is 0 Å². The number of piperazine rings is 1. The first-order chi connectivity index (χ1) is 13.7. The van der Waals surface area contributed by atoms with Gasteiger partial charge in [0, 0.05) is 44.6 Å². The lowest BCUT2D eigenvalue weighted by Crippen LogP contribution is -2.49. The number of aryl methyl sites for hydroxylation is 1. The van der Waals surface area contributed by atoms with E-state index < -0.39 is 0 Å². The molecule has 2 heterocycles. The van der Waals surface area contributed by atoms with E-state index in [1.54, 1.807) is 12.1 Å². The van der Waals surface area contributed by atoms with Gasteiger partial charge < -0.3 is 14.2 Å². The van der Waals surface area contributed by atoms with E-state index in [0.29, 0.717) is 56.5 Å². The summed E-state index contributed by atoms with van der Waals surface area (Å²) in [7, 11) is 0. The van der Waals surface area contributed by atoms with Gasteiger partial charge in [0.1, 0.15) is 5.82 Å². The fourth-order valence-electron chi connectivity index (χ4n) is 3.33. The molecule has 144 valence electrons. The van der Waals surface area contributed by atoms with Crippen molar-refractivity contribution in [2.24, 2.45) is 0 Å². The lowest BCUT2D eigenvalue weighted by molar-refractivity contribution is -0.131. The number of hydrogen-bond acceptors (Lipinski definition) is 5. The van der Waals surface area contributed by atoms with Crippen molar-refractivity contribution in [1.29, 1.82) is 0 Å². The molecule has 4 rings (SSSR count). The highest BCUT2D eigenvalue weighted by atomic mass is 19.1. The molecule has 1 fully saturated rings. The molecule has 7 heteroatoms. The highest BCUT2D eigenvalue weighted by Gasteiger charge is 2.23. The van der Waals surface area contributed by atoms with Gasteiger partial charge in [-0.05, 0) is 24.3 Å². The Hall–Kier alpha value is -3.22. The number of anilines is 1. The van der Waals surface area contributed by atoms with Crippen LogP contribution < -0.4 is 4.90 Å². The normalized spacial score (nSPS) is 14.3. The van der Waals surface area contributed by atoms with Gasteiger partial charge in [0.15, 0.2) is 0 Å². The SMILES string of the molecule is O=C(CCc1nnc(-c2ccccc2)o1)N1CCN(c2ccccc2F)CC1.